The van der Waals surface area contributed by atoms with Gasteiger partial charge in [0.1, 0.15) is 5.69 Å². The summed E-state index contributed by atoms with van der Waals surface area (Å²) in [6.45, 7) is 5.69. The van der Waals surface area contributed by atoms with Gasteiger partial charge in [0, 0.05) is 18.2 Å². The Morgan fingerprint density at radius 3 is 2.33 bits per heavy atom. The van der Waals surface area contributed by atoms with E-state index in [2.05, 4.69) is 5.32 Å². The fourth-order valence-corrected chi connectivity index (χ4v) is 1.70. The minimum absolute atomic E-state index is 0.0228. The van der Waals surface area contributed by atoms with Gasteiger partial charge in [-0.2, -0.15) is 13.2 Å². The molecule has 118 valence electrons. The third kappa shape index (κ3) is 3.84. The van der Waals surface area contributed by atoms with E-state index in [1.807, 2.05) is 13.8 Å². The molecule has 8 heteroatoms. The number of alkyl halides is 3. The molecule has 3 N–H and O–H groups in total. The van der Waals surface area contributed by atoms with Crippen molar-refractivity contribution in [3.8, 4) is 0 Å². The fourth-order valence-electron chi connectivity index (χ4n) is 1.70. The lowest BCUT2D eigenvalue weighted by Gasteiger charge is -2.34. The van der Waals surface area contributed by atoms with Crippen molar-refractivity contribution in [2.45, 2.75) is 32.5 Å². The molecule has 5 nitrogen and oxygen atoms in total. The molecule has 0 amide bonds. The molecule has 0 bridgehead atoms. The molecule has 0 saturated carbocycles. The van der Waals surface area contributed by atoms with Crippen molar-refractivity contribution in [1.82, 2.24) is 0 Å². The smallest absolute Gasteiger partial charge is 0.373 e. The van der Waals surface area contributed by atoms with E-state index in [0.29, 0.717) is 6.07 Å². The molecule has 0 radical (unpaired) electrons. The van der Waals surface area contributed by atoms with Crippen LogP contribution in [-0.4, -0.2) is 17.0 Å². The summed E-state index contributed by atoms with van der Waals surface area (Å²) in [6.07, 6.45) is -4.63. The number of halogens is 3. The molecule has 0 aliphatic carbocycles. The molecule has 0 heterocycles. The summed E-state index contributed by atoms with van der Waals surface area (Å²) >= 11 is 0. The second-order valence-electron chi connectivity index (χ2n) is 5.39. The summed E-state index contributed by atoms with van der Waals surface area (Å²) in [5.74, 6) is 0.0318. The molecule has 1 unspecified atom stereocenters. The molecule has 1 aromatic carbocycles. The summed E-state index contributed by atoms with van der Waals surface area (Å²) in [5, 5.41) is 13.9. The van der Waals surface area contributed by atoms with Crippen LogP contribution in [-0.2, 0) is 6.18 Å². The number of nitrogens with zero attached hydrogens (tertiary/aromatic N) is 1. The Morgan fingerprint density at radius 1 is 1.38 bits per heavy atom. The Hall–Kier alpha value is -1.83. The van der Waals surface area contributed by atoms with Crippen LogP contribution in [0.2, 0.25) is 0 Å². The van der Waals surface area contributed by atoms with Crippen LogP contribution in [0.3, 0.4) is 0 Å². The number of nitrogens with one attached hydrogen (secondary N) is 1. The van der Waals surface area contributed by atoms with Crippen molar-refractivity contribution in [3.63, 3.8) is 0 Å². The van der Waals surface area contributed by atoms with Crippen LogP contribution in [0.25, 0.3) is 0 Å². The van der Waals surface area contributed by atoms with Crippen LogP contribution in [0.4, 0.5) is 24.5 Å². The molecular weight excluding hydrogens is 287 g/mol. The van der Waals surface area contributed by atoms with Gasteiger partial charge in [-0.25, -0.2) is 0 Å². The zero-order valence-electron chi connectivity index (χ0n) is 12.0. The zero-order chi connectivity index (χ0) is 16.4. The molecule has 0 saturated heterocycles. The monoisotopic (exact) mass is 305 g/mol. The molecule has 21 heavy (non-hydrogen) atoms. The molecule has 0 aliphatic rings. The van der Waals surface area contributed by atoms with E-state index in [1.165, 1.54) is 0 Å². The van der Waals surface area contributed by atoms with Crippen molar-refractivity contribution in [2.75, 3.05) is 11.9 Å². The van der Waals surface area contributed by atoms with Gasteiger partial charge in [0.05, 0.1) is 10.5 Å². The van der Waals surface area contributed by atoms with Crippen molar-refractivity contribution in [1.29, 1.82) is 0 Å². The molecule has 0 spiro atoms. The highest BCUT2D eigenvalue weighted by Crippen LogP contribution is 2.36. The van der Waals surface area contributed by atoms with Gasteiger partial charge in [-0.3, -0.25) is 10.1 Å². The van der Waals surface area contributed by atoms with E-state index in [0.717, 1.165) is 12.1 Å². The van der Waals surface area contributed by atoms with E-state index in [4.69, 9.17) is 5.73 Å². The third-order valence-electron chi connectivity index (χ3n) is 3.64. The zero-order valence-corrected chi connectivity index (χ0v) is 12.0. The number of rotatable bonds is 5. The second kappa shape index (κ2) is 5.88. The van der Waals surface area contributed by atoms with Gasteiger partial charge in [-0.1, -0.05) is 13.8 Å². The van der Waals surface area contributed by atoms with Crippen molar-refractivity contribution < 1.29 is 18.1 Å². The van der Waals surface area contributed by atoms with E-state index in [-0.39, 0.29) is 18.2 Å². The minimum atomic E-state index is -4.63. The van der Waals surface area contributed by atoms with Crippen molar-refractivity contribution in [2.24, 2.45) is 11.7 Å². The molecule has 0 aliphatic heterocycles. The Bertz CT molecular complexity index is 532. The quantitative estimate of drug-likeness (QED) is 0.645. The maximum atomic E-state index is 12.6. The average molecular weight is 305 g/mol. The maximum absolute atomic E-state index is 12.6. The van der Waals surface area contributed by atoms with Crippen LogP contribution in [0.1, 0.15) is 26.3 Å². The van der Waals surface area contributed by atoms with Crippen LogP contribution < -0.4 is 11.1 Å². The van der Waals surface area contributed by atoms with Crippen molar-refractivity contribution >= 4 is 11.4 Å². The molecule has 1 atom stereocenters. The van der Waals surface area contributed by atoms with Crippen LogP contribution >= 0.6 is 0 Å². The van der Waals surface area contributed by atoms with Gasteiger partial charge in [0.15, 0.2) is 0 Å². The second-order valence-corrected chi connectivity index (χ2v) is 5.39. The van der Waals surface area contributed by atoms with Gasteiger partial charge in [-0.05, 0) is 25.0 Å². The first-order chi connectivity index (χ1) is 9.51. The fraction of sp³-hybridized carbons (Fsp3) is 0.538. The Morgan fingerprint density at radius 2 is 1.95 bits per heavy atom. The van der Waals surface area contributed by atoms with Gasteiger partial charge < -0.3 is 11.1 Å². The first-order valence-electron chi connectivity index (χ1n) is 6.35. The third-order valence-corrected chi connectivity index (χ3v) is 3.64. The minimum Gasteiger partial charge on any atom is -0.373 e. The molecule has 0 aromatic heterocycles. The van der Waals surface area contributed by atoms with Gasteiger partial charge in [0.25, 0.3) is 5.69 Å². The summed E-state index contributed by atoms with van der Waals surface area (Å²) in [6, 6.07) is 2.41. The lowest BCUT2D eigenvalue weighted by atomic mass is 9.88. The number of benzene rings is 1. The van der Waals surface area contributed by atoms with E-state index in [1.54, 1.807) is 6.92 Å². The number of anilines is 1. The van der Waals surface area contributed by atoms with Crippen LogP contribution in [0, 0.1) is 16.0 Å². The van der Waals surface area contributed by atoms with Crippen molar-refractivity contribution in [3.05, 3.63) is 33.9 Å². The van der Waals surface area contributed by atoms with Gasteiger partial charge >= 0.3 is 6.18 Å². The summed E-state index contributed by atoms with van der Waals surface area (Å²) in [4.78, 5) is 10.2. The Balaban J connectivity index is 3.28. The summed E-state index contributed by atoms with van der Waals surface area (Å²) < 4.78 is 37.9. The van der Waals surface area contributed by atoms with E-state index < -0.39 is 27.9 Å². The summed E-state index contributed by atoms with van der Waals surface area (Å²) in [5.41, 5.74) is 3.35. The summed E-state index contributed by atoms with van der Waals surface area (Å²) in [7, 11) is 0. The Labute approximate surface area is 120 Å². The first-order valence-corrected chi connectivity index (χ1v) is 6.35. The van der Waals surface area contributed by atoms with Gasteiger partial charge in [0.2, 0.25) is 0 Å². The lowest BCUT2D eigenvalue weighted by molar-refractivity contribution is -0.384. The predicted molar refractivity (Wildman–Crippen MR) is 74.0 cm³/mol. The lowest BCUT2D eigenvalue weighted by Crippen LogP contribution is -2.47. The number of nitro groups is 1. The predicted octanol–water partition coefficient (Wildman–Crippen LogP) is 3.40. The standard InChI is InChI=1S/C13H18F3N3O2/c1-8(2)12(3,7-17)18-10-5-4-9(13(14,15)16)6-11(10)19(20)21/h4-6,8,18H,7,17H2,1-3H3. The maximum Gasteiger partial charge on any atom is 0.416 e. The molecule has 1 aromatic rings. The van der Waals surface area contributed by atoms with E-state index in [9.17, 15) is 23.3 Å². The van der Waals surface area contributed by atoms with E-state index >= 15 is 0 Å². The average Bonchev–Trinajstić information content (AvgIpc) is 2.37. The largest absolute Gasteiger partial charge is 0.416 e. The molecule has 1 rings (SSSR count). The number of nitrogens with two attached hydrogens (primary N) is 1. The number of nitro benzene ring substituents is 1. The number of hydrogen-bond acceptors (Lipinski definition) is 4. The Kier molecular flexibility index (Phi) is 4.83. The molecule has 0 fully saturated rings. The van der Waals surface area contributed by atoms with Crippen LogP contribution in [0.5, 0.6) is 0 Å². The molecular formula is C13H18F3N3O2. The highest BCUT2D eigenvalue weighted by atomic mass is 19.4. The number of hydrogen-bond donors (Lipinski definition) is 2. The first kappa shape index (κ1) is 17.2. The SMILES string of the molecule is CC(C)C(C)(CN)Nc1ccc(C(F)(F)F)cc1[N+](=O)[O-]. The van der Waals surface area contributed by atoms with Gasteiger partial charge in [-0.15, -0.1) is 0 Å². The highest BCUT2D eigenvalue weighted by molar-refractivity contribution is 5.64. The normalized spacial score (nSPS) is 14.9. The van der Waals surface area contributed by atoms with Crippen LogP contribution in [0.15, 0.2) is 18.2 Å². The highest BCUT2D eigenvalue weighted by Gasteiger charge is 2.34. The topological polar surface area (TPSA) is 81.2 Å².